The van der Waals surface area contributed by atoms with Gasteiger partial charge in [-0.2, -0.15) is 13.2 Å². The summed E-state index contributed by atoms with van der Waals surface area (Å²) in [6, 6.07) is 7.81. The van der Waals surface area contributed by atoms with Gasteiger partial charge in [-0.3, -0.25) is 4.90 Å². The van der Waals surface area contributed by atoms with Crippen LogP contribution in [0, 0.1) is 5.92 Å². The predicted octanol–water partition coefficient (Wildman–Crippen LogP) is 2.71. The zero-order valence-corrected chi connectivity index (χ0v) is 12.7. The molecule has 1 aliphatic heterocycles. The van der Waals surface area contributed by atoms with E-state index in [9.17, 15) is 13.2 Å². The summed E-state index contributed by atoms with van der Waals surface area (Å²) in [4.78, 5) is 1.48. The largest absolute Gasteiger partial charge is 0.401 e. The van der Waals surface area contributed by atoms with Crippen LogP contribution in [0.25, 0.3) is 0 Å². The second-order valence-corrected chi connectivity index (χ2v) is 6.04. The van der Waals surface area contributed by atoms with Crippen molar-refractivity contribution in [3.8, 4) is 0 Å². The molecular formula is C16H23F3N2O. The van der Waals surface area contributed by atoms with Gasteiger partial charge < -0.3 is 10.4 Å². The van der Waals surface area contributed by atoms with Crippen LogP contribution in [0.1, 0.15) is 30.5 Å². The Morgan fingerprint density at radius 3 is 2.86 bits per heavy atom. The van der Waals surface area contributed by atoms with Crippen molar-refractivity contribution in [3.63, 3.8) is 0 Å². The number of hydrogen-bond acceptors (Lipinski definition) is 3. The molecule has 22 heavy (non-hydrogen) atoms. The van der Waals surface area contributed by atoms with Crippen LogP contribution in [-0.4, -0.2) is 42.4 Å². The van der Waals surface area contributed by atoms with E-state index in [4.69, 9.17) is 5.11 Å². The number of aliphatic hydroxyl groups excluding tert-OH is 1. The lowest BCUT2D eigenvalue weighted by Gasteiger charge is -2.20. The lowest BCUT2D eigenvalue weighted by molar-refractivity contribution is -0.143. The van der Waals surface area contributed by atoms with Crippen LogP contribution in [0.15, 0.2) is 24.3 Å². The number of likely N-dealkylation sites (tertiary alicyclic amines) is 1. The lowest BCUT2D eigenvalue weighted by Crippen LogP contribution is -2.34. The van der Waals surface area contributed by atoms with Gasteiger partial charge in [0, 0.05) is 12.6 Å². The maximum atomic E-state index is 12.4. The second kappa shape index (κ2) is 7.44. The van der Waals surface area contributed by atoms with E-state index < -0.39 is 12.7 Å². The van der Waals surface area contributed by atoms with Crippen molar-refractivity contribution in [2.24, 2.45) is 5.92 Å². The first-order chi connectivity index (χ1) is 10.4. The first-order valence-electron chi connectivity index (χ1n) is 7.59. The standard InChI is InChI=1S/C16H23F3N2O/c1-12(15-4-2-3-13(7-15)10-22)20-8-14-5-6-21(9-14)11-16(17,18)19/h2-4,7,12,14,20,22H,5-6,8-11H2,1H3. The number of hydrogen-bond donors (Lipinski definition) is 2. The lowest BCUT2D eigenvalue weighted by atomic mass is 10.0. The Morgan fingerprint density at radius 2 is 2.18 bits per heavy atom. The van der Waals surface area contributed by atoms with Crippen molar-refractivity contribution in [2.45, 2.75) is 32.2 Å². The van der Waals surface area contributed by atoms with Gasteiger partial charge >= 0.3 is 6.18 Å². The third kappa shape index (κ3) is 5.26. The van der Waals surface area contributed by atoms with E-state index in [0.29, 0.717) is 19.6 Å². The minimum atomic E-state index is -4.11. The van der Waals surface area contributed by atoms with Gasteiger partial charge in [-0.15, -0.1) is 0 Å². The molecule has 6 heteroatoms. The third-order valence-electron chi connectivity index (χ3n) is 4.12. The number of alkyl halides is 3. The van der Waals surface area contributed by atoms with E-state index in [1.807, 2.05) is 31.2 Å². The van der Waals surface area contributed by atoms with E-state index in [2.05, 4.69) is 5.32 Å². The topological polar surface area (TPSA) is 35.5 Å². The summed E-state index contributed by atoms with van der Waals surface area (Å²) in [7, 11) is 0. The summed E-state index contributed by atoms with van der Waals surface area (Å²) in [5, 5.41) is 12.5. The summed E-state index contributed by atoms with van der Waals surface area (Å²) < 4.78 is 37.1. The molecule has 1 aliphatic rings. The molecule has 0 aromatic heterocycles. The van der Waals surface area contributed by atoms with Crippen molar-refractivity contribution >= 4 is 0 Å². The van der Waals surface area contributed by atoms with Gasteiger partial charge in [-0.25, -0.2) is 0 Å². The number of halogens is 3. The number of rotatable bonds is 6. The number of nitrogens with zero attached hydrogens (tertiary/aromatic N) is 1. The minimum absolute atomic E-state index is 0.00951. The number of aliphatic hydroxyl groups is 1. The maximum Gasteiger partial charge on any atom is 0.401 e. The Morgan fingerprint density at radius 1 is 1.41 bits per heavy atom. The SMILES string of the molecule is CC(NCC1CCN(CC(F)(F)F)C1)c1cccc(CO)c1. The number of nitrogens with one attached hydrogen (secondary N) is 1. The molecule has 2 N–H and O–H groups in total. The van der Waals surface area contributed by atoms with Gasteiger partial charge in [0.1, 0.15) is 0 Å². The van der Waals surface area contributed by atoms with Crippen LogP contribution in [0.5, 0.6) is 0 Å². The van der Waals surface area contributed by atoms with Crippen LogP contribution in [0.2, 0.25) is 0 Å². The smallest absolute Gasteiger partial charge is 0.392 e. The van der Waals surface area contributed by atoms with Gasteiger partial charge in [-0.05, 0) is 43.5 Å². The molecular weight excluding hydrogens is 293 g/mol. The molecule has 1 saturated heterocycles. The first-order valence-corrected chi connectivity index (χ1v) is 7.59. The molecule has 0 amide bonds. The van der Waals surface area contributed by atoms with Crippen molar-refractivity contribution in [1.29, 1.82) is 0 Å². The van der Waals surface area contributed by atoms with Crippen molar-refractivity contribution < 1.29 is 18.3 Å². The van der Waals surface area contributed by atoms with Crippen LogP contribution in [0.3, 0.4) is 0 Å². The van der Waals surface area contributed by atoms with Gasteiger partial charge in [0.25, 0.3) is 0 Å². The zero-order chi connectivity index (χ0) is 16.2. The number of benzene rings is 1. The van der Waals surface area contributed by atoms with E-state index in [0.717, 1.165) is 17.5 Å². The molecule has 0 saturated carbocycles. The summed E-state index contributed by atoms with van der Waals surface area (Å²) in [6.07, 6.45) is -3.31. The monoisotopic (exact) mass is 316 g/mol. The predicted molar refractivity (Wildman–Crippen MR) is 79.4 cm³/mol. The van der Waals surface area contributed by atoms with Gasteiger partial charge in [0.05, 0.1) is 13.2 Å². The Balaban J connectivity index is 1.78. The highest BCUT2D eigenvalue weighted by atomic mass is 19.4. The van der Waals surface area contributed by atoms with E-state index in [1.165, 1.54) is 4.90 Å². The van der Waals surface area contributed by atoms with Crippen molar-refractivity contribution in [1.82, 2.24) is 10.2 Å². The Kier molecular flexibility index (Phi) is 5.83. The highest BCUT2D eigenvalue weighted by molar-refractivity contribution is 5.25. The molecule has 1 aromatic rings. The molecule has 1 aromatic carbocycles. The average Bonchev–Trinajstić information content (AvgIpc) is 2.90. The Labute approximate surface area is 129 Å². The van der Waals surface area contributed by atoms with Crippen LogP contribution >= 0.6 is 0 Å². The van der Waals surface area contributed by atoms with E-state index >= 15 is 0 Å². The van der Waals surface area contributed by atoms with Gasteiger partial charge in [-0.1, -0.05) is 24.3 Å². The fourth-order valence-electron chi connectivity index (χ4n) is 2.90. The first kappa shape index (κ1) is 17.2. The summed E-state index contributed by atoms with van der Waals surface area (Å²) in [5.74, 6) is 0.255. The molecule has 1 fully saturated rings. The Bertz CT molecular complexity index is 479. The molecule has 2 atom stereocenters. The molecule has 3 nitrogen and oxygen atoms in total. The van der Waals surface area contributed by atoms with E-state index in [-0.39, 0.29) is 18.6 Å². The molecule has 0 radical (unpaired) electrons. The van der Waals surface area contributed by atoms with Crippen molar-refractivity contribution in [2.75, 3.05) is 26.2 Å². The van der Waals surface area contributed by atoms with Crippen LogP contribution < -0.4 is 5.32 Å². The highest BCUT2D eigenvalue weighted by Gasteiger charge is 2.34. The molecule has 2 unspecified atom stereocenters. The molecule has 124 valence electrons. The molecule has 0 aliphatic carbocycles. The molecule has 0 bridgehead atoms. The maximum absolute atomic E-state index is 12.4. The van der Waals surface area contributed by atoms with Crippen LogP contribution in [0.4, 0.5) is 13.2 Å². The minimum Gasteiger partial charge on any atom is -0.392 e. The van der Waals surface area contributed by atoms with Crippen LogP contribution in [-0.2, 0) is 6.61 Å². The second-order valence-electron chi connectivity index (χ2n) is 6.04. The Hall–Kier alpha value is -1.11. The molecule has 1 heterocycles. The summed E-state index contributed by atoms with van der Waals surface area (Å²) >= 11 is 0. The molecule has 2 rings (SSSR count). The third-order valence-corrected chi connectivity index (χ3v) is 4.12. The summed E-state index contributed by atoms with van der Waals surface area (Å²) in [5.41, 5.74) is 1.94. The van der Waals surface area contributed by atoms with Gasteiger partial charge in [0.15, 0.2) is 0 Å². The summed E-state index contributed by atoms with van der Waals surface area (Å²) in [6.45, 7) is 2.95. The molecule has 0 spiro atoms. The fraction of sp³-hybridized carbons (Fsp3) is 0.625. The normalized spacial score (nSPS) is 21.2. The zero-order valence-electron chi connectivity index (χ0n) is 12.7. The fourth-order valence-corrected chi connectivity index (χ4v) is 2.90. The quantitative estimate of drug-likeness (QED) is 0.847. The highest BCUT2D eigenvalue weighted by Crippen LogP contribution is 2.23. The van der Waals surface area contributed by atoms with Gasteiger partial charge in [0.2, 0.25) is 0 Å². The van der Waals surface area contributed by atoms with E-state index in [1.54, 1.807) is 0 Å². The van der Waals surface area contributed by atoms with Crippen molar-refractivity contribution in [3.05, 3.63) is 35.4 Å². The average molecular weight is 316 g/mol.